The van der Waals surface area contributed by atoms with Crippen molar-refractivity contribution in [2.45, 2.75) is 328 Å². The number of likely N-dealkylation sites (N-methyl/N-ethyl adjacent to an activating group) is 1. The van der Waals surface area contributed by atoms with Crippen LogP contribution in [0.15, 0.2) is 0 Å². The van der Waals surface area contributed by atoms with Gasteiger partial charge in [0.15, 0.2) is 6.10 Å². The first-order valence-electron chi connectivity index (χ1n) is 30.7. The predicted molar refractivity (Wildman–Crippen MR) is 295 cm³/mol. The van der Waals surface area contributed by atoms with Crippen molar-refractivity contribution >= 4 is 17.9 Å². The molecule has 0 aliphatic heterocycles. The fraction of sp³-hybridized carbons (Fsp3) is 0.951. The highest BCUT2D eigenvalue weighted by molar-refractivity contribution is 5.71. The summed E-state index contributed by atoms with van der Waals surface area (Å²) < 4.78 is 22.6. The molecule has 0 fully saturated rings. The van der Waals surface area contributed by atoms with Crippen LogP contribution in [0.3, 0.4) is 0 Å². The van der Waals surface area contributed by atoms with Gasteiger partial charge < -0.3 is 28.5 Å². The molecule has 0 aliphatic carbocycles. The van der Waals surface area contributed by atoms with Gasteiger partial charge in [0.1, 0.15) is 13.2 Å². The van der Waals surface area contributed by atoms with Crippen molar-refractivity contribution in [2.75, 3.05) is 47.5 Å². The van der Waals surface area contributed by atoms with E-state index in [9.17, 15) is 19.5 Å². The van der Waals surface area contributed by atoms with Crippen LogP contribution in [0, 0.1) is 0 Å². The van der Waals surface area contributed by atoms with E-state index in [1.54, 1.807) is 0 Å². The molecule has 0 spiro atoms. The molecule has 0 saturated heterocycles. The SMILES string of the molecule is CCCCCCCCCCCCCCCCCCCCCCCCCCCCCCCCCCCCCCCCCCC(=O)OC(COC(=O)CCCCCCC)COC(OCC[N+](C)(C)C)C(=O)O. The summed E-state index contributed by atoms with van der Waals surface area (Å²) in [6, 6.07) is 0. The monoisotopic (exact) mass is 995 g/mol. The van der Waals surface area contributed by atoms with E-state index in [0.29, 0.717) is 17.4 Å². The lowest BCUT2D eigenvalue weighted by Gasteiger charge is -2.25. The van der Waals surface area contributed by atoms with E-state index in [1.807, 2.05) is 21.1 Å². The number of esters is 2. The molecule has 9 heteroatoms. The number of quaternary nitrogens is 1. The summed E-state index contributed by atoms with van der Waals surface area (Å²) in [5, 5.41) is 9.62. The lowest BCUT2D eigenvalue weighted by Crippen LogP contribution is -2.40. The molecule has 2 unspecified atom stereocenters. The molecule has 0 heterocycles. The van der Waals surface area contributed by atoms with Crippen LogP contribution in [0.1, 0.15) is 316 Å². The third-order valence-corrected chi connectivity index (χ3v) is 14.1. The molecule has 0 aromatic rings. The highest BCUT2D eigenvalue weighted by Gasteiger charge is 2.25. The van der Waals surface area contributed by atoms with Gasteiger partial charge in [0.25, 0.3) is 6.29 Å². The molecule has 9 nitrogen and oxygen atoms in total. The lowest BCUT2D eigenvalue weighted by atomic mass is 10.0. The molecule has 1 N–H and O–H groups in total. The molecule has 416 valence electrons. The van der Waals surface area contributed by atoms with E-state index >= 15 is 0 Å². The largest absolute Gasteiger partial charge is 0.477 e. The average Bonchev–Trinajstić information content (AvgIpc) is 3.33. The molecule has 0 bridgehead atoms. The molecule has 0 radical (unpaired) electrons. The minimum atomic E-state index is -1.50. The molecule has 0 aliphatic rings. The molecular formula is C61H120NO8+. The van der Waals surface area contributed by atoms with E-state index < -0.39 is 24.3 Å². The first kappa shape index (κ1) is 68.3. The van der Waals surface area contributed by atoms with Crippen LogP contribution in [-0.2, 0) is 33.3 Å². The number of rotatable bonds is 58. The summed E-state index contributed by atoms with van der Waals surface area (Å²) in [5.74, 6) is -2.00. The maximum atomic E-state index is 12.8. The van der Waals surface area contributed by atoms with Gasteiger partial charge >= 0.3 is 17.9 Å². The number of unbranched alkanes of at least 4 members (excludes halogenated alkanes) is 43. The zero-order valence-electron chi connectivity index (χ0n) is 47.5. The van der Waals surface area contributed by atoms with Gasteiger partial charge in [0.05, 0.1) is 34.4 Å². The highest BCUT2D eigenvalue weighted by atomic mass is 16.7. The van der Waals surface area contributed by atoms with Crippen molar-refractivity contribution in [3.8, 4) is 0 Å². The topological polar surface area (TPSA) is 108 Å². The molecule has 0 amide bonds. The molecular weight excluding hydrogens is 875 g/mol. The third kappa shape index (κ3) is 54.1. The maximum Gasteiger partial charge on any atom is 0.361 e. The summed E-state index contributed by atoms with van der Waals surface area (Å²) in [6.07, 6.45) is 58.7. The Kier molecular flexibility index (Phi) is 52.3. The number of aliphatic carboxylic acids is 1. The first-order chi connectivity index (χ1) is 34.1. The summed E-state index contributed by atoms with van der Waals surface area (Å²) >= 11 is 0. The zero-order valence-corrected chi connectivity index (χ0v) is 47.5. The van der Waals surface area contributed by atoms with Crippen molar-refractivity contribution in [3.63, 3.8) is 0 Å². The fourth-order valence-corrected chi connectivity index (χ4v) is 9.37. The smallest absolute Gasteiger partial charge is 0.361 e. The van der Waals surface area contributed by atoms with Gasteiger partial charge in [-0.05, 0) is 12.8 Å². The summed E-state index contributed by atoms with van der Waals surface area (Å²) in [7, 11) is 5.96. The number of ether oxygens (including phenoxy) is 4. The van der Waals surface area contributed by atoms with Crippen molar-refractivity contribution < 1.29 is 42.9 Å². The van der Waals surface area contributed by atoms with Crippen LogP contribution in [-0.4, -0.2) is 87.4 Å². The van der Waals surface area contributed by atoms with Gasteiger partial charge in [-0.25, -0.2) is 4.79 Å². The van der Waals surface area contributed by atoms with Gasteiger partial charge in [0, 0.05) is 12.8 Å². The Morgan fingerprint density at radius 1 is 0.371 bits per heavy atom. The molecule has 0 rings (SSSR count). The Labute approximate surface area is 434 Å². The van der Waals surface area contributed by atoms with E-state index in [-0.39, 0.29) is 32.2 Å². The first-order valence-corrected chi connectivity index (χ1v) is 30.7. The molecule has 0 aromatic carbocycles. The Morgan fingerprint density at radius 3 is 0.914 bits per heavy atom. The normalized spacial score (nSPS) is 12.6. The molecule has 70 heavy (non-hydrogen) atoms. The van der Waals surface area contributed by atoms with E-state index in [1.165, 1.54) is 238 Å². The lowest BCUT2D eigenvalue weighted by molar-refractivity contribution is -0.870. The van der Waals surface area contributed by atoms with Crippen molar-refractivity contribution in [3.05, 3.63) is 0 Å². The number of carbonyl (C=O) groups excluding carboxylic acids is 2. The van der Waals surface area contributed by atoms with E-state index in [2.05, 4.69) is 13.8 Å². The summed E-state index contributed by atoms with van der Waals surface area (Å²) in [4.78, 5) is 36.9. The average molecular weight is 996 g/mol. The van der Waals surface area contributed by atoms with Crippen LogP contribution in [0.2, 0.25) is 0 Å². The van der Waals surface area contributed by atoms with Crippen LogP contribution in [0.5, 0.6) is 0 Å². The minimum Gasteiger partial charge on any atom is -0.477 e. The molecule has 2 atom stereocenters. The third-order valence-electron chi connectivity index (χ3n) is 14.1. The van der Waals surface area contributed by atoms with Crippen LogP contribution >= 0.6 is 0 Å². The zero-order chi connectivity index (χ0) is 51.3. The van der Waals surface area contributed by atoms with Gasteiger partial charge in [0.2, 0.25) is 0 Å². The fourth-order valence-electron chi connectivity index (χ4n) is 9.37. The van der Waals surface area contributed by atoms with E-state index in [4.69, 9.17) is 18.9 Å². The van der Waals surface area contributed by atoms with Crippen LogP contribution in [0.4, 0.5) is 0 Å². The minimum absolute atomic E-state index is 0.176. The standard InChI is InChI=1S/C61H119NO8/c1-6-8-10-12-13-14-15-16-17-18-19-20-21-22-23-24-25-26-27-28-29-30-31-32-33-34-35-36-37-38-39-40-41-42-43-44-45-46-48-50-52-59(64)70-57(55-68-58(63)51-49-47-11-9-7-2)56-69-61(60(65)66)67-54-53-62(3,4)5/h57,61H,6-56H2,1-5H3/p+1. The van der Waals surface area contributed by atoms with Gasteiger partial charge in [-0.15, -0.1) is 0 Å². The van der Waals surface area contributed by atoms with E-state index in [0.717, 1.165) is 51.4 Å². The number of hydrogen-bond donors (Lipinski definition) is 1. The van der Waals surface area contributed by atoms with Crippen molar-refractivity contribution in [1.29, 1.82) is 0 Å². The molecule has 0 saturated carbocycles. The highest BCUT2D eigenvalue weighted by Crippen LogP contribution is 2.19. The quantitative estimate of drug-likeness (QED) is 0.0278. The molecule has 0 aromatic heterocycles. The summed E-state index contributed by atoms with van der Waals surface area (Å²) in [5.41, 5.74) is 0. The summed E-state index contributed by atoms with van der Waals surface area (Å²) in [6.45, 7) is 4.83. The second-order valence-electron chi connectivity index (χ2n) is 22.4. The van der Waals surface area contributed by atoms with Gasteiger partial charge in [-0.3, -0.25) is 9.59 Å². The van der Waals surface area contributed by atoms with Crippen LogP contribution < -0.4 is 0 Å². The Hall–Kier alpha value is -1.71. The van der Waals surface area contributed by atoms with Gasteiger partial charge in [-0.2, -0.15) is 0 Å². The predicted octanol–water partition coefficient (Wildman–Crippen LogP) is 18.0. The maximum absolute atomic E-state index is 12.8. The number of carbonyl (C=O) groups is 3. The number of carboxylic acid groups (broad SMARTS) is 1. The second kappa shape index (κ2) is 53.6. The Balaban J connectivity index is 3.69. The number of nitrogens with zero attached hydrogens (tertiary/aromatic N) is 1. The van der Waals surface area contributed by atoms with Crippen molar-refractivity contribution in [1.82, 2.24) is 0 Å². The van der Waals surface area contributed by atoms with Crippen LogP contribution in [0.25, 0.3) is 0 Å². The second-order valence-corrected chi connectivity index (χ2v) is 22.4. The number of carboxylic acids is 1. The Bertz CT molecular complexity index is 1110. The Morgan fingerprint density at radius 2 is 0.643 bits per heavy atom. The van der Waals surface area contributed by atoms with Gasteiger partial charge in [-0.1, -0.05) is 290 Å². The number of hydrogen-bond acceptors (Lipinski definition) is 7. The van der Waals surface area contributed by atoms with Crippen molar-refractivity contribution in [2.24, 2.45) is 0 Å².